The van der Waals surface area contributed by atoms with Crippen LogP contribution in [0.5, 0.6) is 0 Å². The van der Waals surface area contributed by atoms with E-state index >= 15 is 0 Å². The van der Waals surface area contributed by atoms with Gasteiger partial charge in [0.1, 0.15) is 5.00 Å². The number of ether oxygens (including phenoxy) is 1. The maximum Gasteiger partial charge on any atom is 0.341 e. The van der Waals surface area contributed by atoms with Gasteiger partial charge in [-0.1, -0.05) is 32.1 Å². The van der Waals surface area contributed by atoms with Crippen molar-refractivity contribution in [1.82, 2.24) is 5.32 Å². The summed E-state index contributed by atoms with van der Waals surface area (Å²) in [5.41, 5.74) is 1.66. The van der Waals surface area contributed by atoms with E-state index in [1.54, 1.807) is 11.3 Å². The standard InChI is InChI=1S/C19H28N2O3S/c1-24-18(22)16-14-11-7-2-3-8-12-15(14)25-17(16)21-19(23)20-13-9-5-4-6-10-13/h13H,2-12H2,1H3,(H2,20,21,23). The Kier molecular flexibility index (Phi) is 6.34. The van der Waals surface area contributed by atoms with Crippen molar-refractivity contribution in [1.29, 1.82) is 0 Å². The van der Waals surface area contributed by atoms with Gasteiger partial charge in [-0.25, -0.2) is 9.59 Å². The molecule has 0 unspecified atom stereocenters. The van der Waals surface area contributed by atoms with Crippen LogP contribution in [0, 0.1) is 0 Å². The number of hydrogen-bond acceptors (Lipinski definition) is 4. The van der Waals surface area contributed by atoms with E-state index in [1.807, 2.05) is 0 Å². The number of anilines is 1. The molecule has 2 amide bonds. The third-order valence-electron chi connectivity index (χ3n) is 5.23. The lowest BCUT2D eigenvalue weighted by Gasteiger charge is -2.22. The zero-order valence-electron chi connectivity index (χ0n) is 15.0. The molecular formula is C19H28N2O3S. The maximum atomic E-state index is 12.4. The summed E-state index contributed by atoms with van der Waals surface area (Å²) in [5.74, 6) is -0.342. The highest BCUT2D eigenvalue weighted by Crippen LogP contribution is 2.37. The van der Waals surface area contributed by atoms with Crippen LogP contribution in [0.25, 0.3) is 0 Å². The van der Waals surface area contributed by atoms with Gasteiger partial charge in [-0.05, 0) is 44.1 Å². The predicted octanol–water partition coefficient (Wildman–Crippen LogP) is 4.65. The Morgan fingerprint density at radius 3 is 2.40 bits per heavy atom. The summed E-state index contributed by atoms with van der Waals surface area (Å²) in [6.45, 7) is 0. The van der Waals surface area contributed by atoms with Crippen molar-refractivity contribution >= 4 is 28.3 Å². The summed E-state index contributed by atoms with van der Waals surface area (Å²) < 4.78 is 5.00. The minimum Gasteiger partial charge on any atom is -0.465 e. The zero-order chi connectivity index (χ0) is 17.6. The summed E-state index contributed by atoms with van der Waals surface area (Å²) >= 11 is 1.55. The van der Waals surface area contributed by atoms with Crippen LogP contribution in [0.1, 0.15) is 78.6 Å². The fraction of sp³-hybridized carbons (Fsp3) is 0.684. The van der Waals surface area contributed by atoms with Gasteiger partial charge in [-0.2, -0.15) is 0 Å². The molecule has 0 saturated heterocycles. The average molecular weight is 365 g/mol. The molecule has 0 aromatic carbocycles. The molecule has 25 heavy (non-hydrogen) atoms. The molecule has 5 nitrogen and oxygen atoms in total. The molecule has 2 aliphatic carbocycles. The number of thiophene rings is 1. The van der Waals surface area contributed by atoms with E-state index in [9.17, 15) is 9.59 Å². The molecule has 138 valence electrons. The maximum absolute atomic E-state index is 12.4. The van der Waals surface area contributed by atoms with Crippen LogP contribution in [0.3, 0.4) is 0 Å². The molecule has 0 radical (unpaired) electrons. The fourth-order valence-electron chi connectivity index (χ4n) is 3.90. The summed E-state index contributed by atoms with van der Waals surface area (Å²) in [4.78, 5) is 26.0. The number of carbonyl (C=O) groups excluding carboxylic acids is 2. The van der Waals surface area contributed by atoms with Crippen molar-refractivity contribution in [2.24, 2.45) is 0 Å². The molecule has 1 saturated carbocycles. The molecule has 6 heteroatoms. The second-order valence-corrected chi connectivity index (χ2v) is 8.15. The fourth-order valence-corrected chi connectivity index (χ4v) is 5.17. The van der Waals surface area contributed by atoms with Crippen LogP contribution < -0.4 is 10.6 Å². The smallest absolute Gasteiger partial charge is 0.341 e. The van der Waals surface area contributed by atoms with Gasteiger partial charge in [0, 0.05) is 10.9 Å². The second kappa shape index (κ2) is 8.70. The Bertz CT molecular complexity index is 620. The summed E-state index contributed by atoms with van der Waals surface area (Å²) in [5, 5.41) is 6.65. The van der Waals surface area contributed by atoms with Crippen molar-refractivity contribution in [3.05, 3.63) is 16.0 Å². The van der Waals surface area contributed by atoms with Crippen LogP contribution in [0.4, 0.5) is 9.80 Å². The molecule has 2 N–H and O–H groups in total. The topological polar surface area (TPSA) is 67.4 Å². The predicted molar refractivity (Wildman–Crippen MR) is 101 cm³/mol. The Labute approximate surface area is 153 Å². The summed E-state index contributed by atoms with van der Waals surface area (Å²) in [7, 11) is 1.40. The minimum absolute atomic E-state index is 0.203. The van der Waals surface area contributed by atoms with Crippen LogP contribution in [-0.2, 0) is 17.6 Å². The van der Waals surface area contributed by atoms with Gasteiger partial charge in [-0.15, -0.1) is 11.3 Å². The first kappa shape index (κ1) is 18.2. The summed E-state index contributed by atoms with van der Waals surface area (Å²) in [6.07, 6.45) is 12.2. The van der Waals surface area contributed by atoms with E-state index in [0.717, 1.165) is 44.1 Å². The minimum atomic E-state index is -0.342. The summed E-state index contributed by atoms with van der Waals surface area (Å²) in [6, 6.07) is 0.0441. The van der Waals surface area contributed by atoms with Crippen LogP contribution in [0.2, 0.25) is 0 Å². The highest BCUT2D eigenvalue weighted by Gasteiger charge is 2.26. The lowest BCUT2D eigenvalue weighted by molar-refractivity contribution is 0.0601. The number of esters is 1. The van der Waals surface area contributed by atoms with Crippen molar-refractivity contribution in [2.45, 2.75) is 76.7 Å². The molecule has 1 aromatic heterocycles. The normalized spacial score (nSPS) is 18.6. The number of rotatable bonds is 3. The van der Waals surface area contributed by atoms with Crippen LogP contribution in [-0.4, -0.2) is 25.2 Å². The third kappa shape index (κ3) is 4.54. The molecule has 0 bridgehead atoms. The van der Waals surface area contributed by atoms with Gasteiger partial charge in [0.15, 0.2) is 0 Å². The van der Waals surface area contributed by atoms with Gasteiger partial charge in [-0.3, -0.25) is 5.32 Å². The average Bonchev–Trinajstić information content (AvgIpc) is 2.91. The van der Waals surface area contributed by atoms with Crippen molar-refractivity contribution in [3.63, 3.8) is 0 Å². The lowest BCUT2D eigenvalue weighted by atomic mass is 9.96. The van der Waals surface area contributed by atoms with Gasteiger partial charge in [0.25, 0.3) is 0 Å². The quantitative estimate of drug-likeness (QED) is 0.767. The van der Waals surface area contributed by atoms with Gasteiger partial charge < -0.3 is 10.1 Å². The number of amides is 2. The number of aryl methyl sites for hydroxylation is 1. The molecule has 0 atom stereocenters. The molecule has 0 spiro atoms. The second-order valence-electron chi connectivity index (χ2n) is 7.05. The monoisotopic (exact) mass is 364 g/mol. The number of nitrogens with one attached hydrogen (secondary N) is 2. The number of fused-ring (bicyclic) bond motifs is 1. The number of methoxy groups -OCH3 is 1. The van der Waals surface area contributed by atoms with Gasteiger partial charge >= 0.3 is 12.0 Å². The Balaban J connectivity index is 1.77. The van der Waals surface area contributed by atoms with Gasteiger partial charge in [0.2, 0.25) is 0 Å². The van der Waals surface area contributed by atoms with Crippen LogP contribution in [0.15, 0.2) is 0 Å². The zero-order valence-corrected chi connectivity index (χ0v) is 15.8. The Morgan fingerprint density at radius 2 is 1.68 bits per heavy atom. The number of urea groups is 1. The highest BCUT2D eigenvalue weighted by atomic mass is 32.1. The molecular weight excluding hydrogens is 336 g/mol. The van der Waals surface area contributed by atoms with Crippen molar-refractivity contribution < 1.29 is 14.3 Å². The van der Waals surface area contributed by atoms with E-state index in [2.05, 4.69) is 10.6 Å². The number of hydrogen-bond donors (Lipinski definition) is 2. The Morgan fingerprint density at radius 1 is 1.00 bits per heavy atom. The van der Waals surface area contributed by atoms with Crippen LogP contribution >= 0.6 is 11.3 Å². The van der Waals surface area contributed by atoms with Crippen molar-refractivity contribution in [2.75, 3.05) is 12.4 Å². The highest BCUT2D eigenvalue weighted by molar-refractivity contribution is 7.17. The molecule has 2 aliphatic rings. The van der Waals surface area contributed by atoms with Gasteiger partial charge in [0.05, 0.1) is 12.7 Å². The van der Waals surface area contributed by atoms with E-state index in [4.69, 9.17) is 4.74 Å². The molecule has 0 aliphatic heterocycles. The first-order valence-electron chi connectivity index (χ1n) is 9.49. The molecule has 1 heterocycles. The number of carbonyl (C=O) groups is 2. The Hall–Kier alpha value is -1.56. The van der Waals surface area contributed by atoms with E-state index < -0.39 is 0 Å². The molecule has 3 rings (SSSR count). The third-order valence-corrected chi connectivity index (χ3v) is 6.44. The molecule has 1 fully saturated rings. The first-order chi connectivity index (χ1) is 12.2. The SMILES string of the molecule is COC(=O)c1c(NC(=O)NC2CCCCC2)sc2c1CCCCCC2. The largest absolute Gasteiger partial charge is 0.465 e. The van der Waals surface area contributed by atoms with E-state index in [-0.39, 0.29) is 18.0 Å². The van der Waals surface area contributed by atoms with E-state index in [0.29, 0.717) is 10.6 Å². The first-order valence-corrected chi connectivity index (χ1v) is 10.3. The molecule has 1 aromatic rings. The van der Waals surface area contributed by atoms with E-state index in [1.165, 1.54) is 44.1 Å². The van der Waals surface area contributed by atoms with Crippen molar-refractivity contribution in [3.8, 4) is 0 Å². The lowest BCUT2D eigenvalue weighted by Crippen LogP contribution is -2.39.